The first kappa shape index (κ1) is 18.8. The van der Waals surface area contributed by atoms with E-state index in [4.69, 9.17) is 11.6 Å². The minimum absolute atomic E-state index is 0.0655. The second-order valence-corrected chi connectivity index (χ2v) is 8.54. The highest BCUT2D eigenvalue weighted by atomic mass is 35.5. The maximum absolute atomic E-state index is 12.6. The van der Waals surface area contributed by atoms with Gasteiger partial charge in [-0.05, 0) is 23.3 Å². The van der Waals surface area contributed by atoms with E-state index in [1.807, 2.05) is 36.4 Å². The van der Waals surface area contributed by atoms with Crippen molar-refractivity contribution in [1.82, 2.24) is 19.3 Å². The highest BCUT2D eigenvalue weighted by molar-refractivity contribution is 7.89. The van der Waals surface area contributed by atoms with Crippen molar-refractivity contribution in [2.24, 2.45) is 0 Å². The Hall–Kier alpha value is -2.52. The Morgan fingerprint density at radius 3 is 2.79 bits per heavy atom. The Kier molecular flexibility index (Phi) is 4.80. The Bertz CT molecular complexity index is 1280. The Morgan fingerprint density at radius 1 is 1.21 bits per heavy atom. The highest BCUT2D eigenvalue weighted by Crippen LogP contribution is 2.24. The number of rotatable bonds is 5. The van der Waals surface area contributed by atoms with E-state index in [-0.39, 0.29) is 11.4 Å². The van der Waals surface area contributed by atoms with Gasteiger partial charge in [0.1, 0.15) is 9.92 Å². The third-order valence-electron chi connectivity index (χ3n) is 4.51. The second kappa shape index (κ2) is 7.14. The molecule has 0 radical (unpaired) electrons. The van der Waals surface area contributed by atoms with E-state index in [1.165, 1.54) is 16.9 Å². The Balaban J connectivity index is 1.58. The van der Waals surface area contributed by atoms with Gasteiger partial charge in [0.15, 0.2) is 5.65 Å². The van der Waals surface area contributed by atoms with Crippen LogP contribution in [0.25, 0.3) is 16.4 Å². The van der Waals surface area contributed by atoms with Gasteiger partial charge in [-0.1, -0.05) is 54.1 Å². The molecule has 0 fully saturated rings. The maximum atomic E-state index is 12.6. The molecule has 4 aromatic rings. The molecule has 0 bridgehead atoms. The molecule has 28 heavy (non-hydrogen) atoms. The maximum Gasteiger partial charge on any atom is 0.243 e. The summed E-state index contributed by atoms with van der Waals surface area (Å²) in [6, 6.07) is 13.2. The average molecular weight is 417 g/mol. The van der Waals surface area contributed by atoms with E-state index in [0.29, 0.717) is 21.9 Å². The lowest BCUT2D eigenvalue weighted by Gasteiger charge is -2.15. The predicted molar refractivity (Wildman–Crippen MR) is 107 cm³/mol. The van der Waals surface area contributed by atoms with Crippen LogP contribution in [0.5, 0.6) is 0 Å². The molecule has 2 aromatic heterocycles. The molecule has 9 heteroatoms. The smallest absolute Gasteiger partial charge is 0.243 e. The molecular formula is C19H17ClN4O3S. The number of nitrogens with one attached hydrogen (secondary N) is 1. The van der Waals surface area contributed by atoms with Crippen molar-refractivity contribution >= 4 is 38.0 Å². The van der Waals surface area contributed by atoms with Crippen molar-refractivity contribution in [2.45, 2.75) is 17.9 Å². The SMILES string of the molecule is Cc1nn2cc(S(=O)(=O)NCC(O)c3cccc4ccccc34)cnc2c1Cl. The van der Waals surface area contributed by atoms with Crippen LogP contribution < -0.4 is 4.72 Å². The molecule has 4 rings (SSSR count). The van der Waals surface area contributed by atoms with E-state index in [2.05, 4.69) is 14.8 Å². The Labute approximate surface area is 166 Å². The first-order valence-electron chi connectivity index (χ1n) is 8.53. The molecule has 0 spiro atoms. The molecule has 7 nitrogen and oxygen atoms in total. The van der Waals surface area contributed by atoms with Gasteiger partial charge in [-0.25, -0.2) is 22.6 Å². The van der Waals surface area contributed by atoms with Crippen LogP contribution in [0.2, 0.25) is 5.02 Å². The molecule has 2 heterocycles. The molecule has 2 aromatic carbocycles. The van der Waals surface area contributed by atoms with Gasteiger partial charge in [0, 0.05) is 6.54 Å². The van der Waals surface area contributed by atoms with E-state index in [0.717, 1.165) is 10.8 Å². The number of nitrogens with zero attached hydrogens (tertiary/aromatic N) is 3. The topological polar surface area (TPSA) is 96.6 Å². The number of fused-ring (bicyclic) bond motifs is 2. The van der Waals surface area contributed by atoms with Gasteiger partial charge >= 0.3 is 0 Å². The molecule has 0 aliphatic rings. The van der Waals surface area contributed by atoms with Crippen molar-refractivity contribution < 1.29 is 13.5 Å². The van der Waals surface area contributed by atoms with Crippen LogP contribution in [-0.4, -0.2) is 34.7 Å². The van der Waals surface area contributed by atoms with Crippen LogP contribution in [0, 0.1) is 6.92 Å². The van der Waals surface area contributed by atoms with Gasteiger partial charge in [0.25, 0.3) is 0 Å². The van der Waals surface area contributed by atoms with Gasteiger partial charge in [-0.3, -0.25) is 0 Å². The summed E-state index contributed by atoms with van der Waals surface area (Å²) in [5, 5.41) is 16.9. The fourth-order valence-electron chi connectivity index (χ4n) is 3.06. The van der Waals surface area contributed by atoms with Crippen LogP contribution in [0.3, 0.4) is 0 Å². The van der Waals surface area contributed by atoms with Crippen LogP contribution in [0.4, 0.5) is 0 Å². The zero-order chi connectivity index (χ0) is 19.9. The molecular weight excluding hydrogens is 400 g/mol. The lowest BCUT2D eigenvalue weighted by atomic mass is 10.0. The van der Waals surface area contributed by atoms with Crippen LogP contribution in [-0.2, 0) is 10.0 Å². The van der Waals surface area contributed by atoms with Crippen molar-refractivity contribution in [3.8, 4) is 0 Å². The normalized spacial score (nSPS) is 13.2. The number of aliphatic hydroxyl groups excluding tert-OH is 1. The largest absolute Gasteiger partial charge is 0.387 e. The fraction of sp³-hybridized carbons (Fsp3) is 0.158. The van der Waals surface area contributed by atoms with E-state index in [1.54, 1.807) is 13.0 Å². The molecule has 2 N–H and O–H groups in total. The number of hydrogen-bond acceptors (Lipinski definition) is 5. The number of sulfonamides is 1. The number of hydrogen-bond donors (Lipinski definition) is 2. The number of halogens is 1. The van der Waals surface area contributed by atoms with E-state index < -0.39 is 16.1 Å². The van der Waals surface area contributed by atoms with Crippen molar-refractivity contribution in [3.05, 3.63) is 71.1 Å². The predicted octanol–water partition coefficient (Wildman–Crippen LogP) is 2.86. The third-order valence-corrected chi connectivity index (χ3v) is 6.33. The van der Waals surface area contributed by atoms with Gasteiger partial charge in [0.05, 0.1) is 24.2 Å². The minimum Gasteiger partial charge on any atom is -0.387 e. The lowest BCUT2D eigenvalue weighted by molar-refractivity contribution is 0.183. The second-order valence-electron chi connectivity index (χ2n) is 6.39. The van der Waals surface area contributed by atoms with Gasteiger partial charge in [-0.15, -0.1) is 0 Å². The lowest BCUT2D eigenvalue weighted by Crippen LogP contribution is -2.29. The van der Waals surface area contributed by atoms with Crippen molar-refractivity contribution in [3.63, 3.8) is 0 Å². The van der Waals surface area contributed by atoms with E-state index in [9.17, 15) is 13.5 Å². The number of benzene rings is 2. The Morgan fingerprint density at radius 2 is 1.96 bits per heavy atom. The molecule has 0 saturated heterocycles. The van der Waals surface area contributed by atoms with Crippen LogP contribution in [0.1, 0.15) is 17.4 Å². The quantitative estimate of drug-likeness (QED) is 0.521. The fourth-order valence-corrected chi connectivity index (χ4v) is 4.21. The molecule has 0 aliphatic heterocycles. The average Bonchev–Trinajstić information content (AvgIpc) is 2.99. The zero-order valence-corrected chi connectivity index (χ0v) is 16.4. The summed E-state index contributed by atoms with van der Waals surface area (Å²) in [6.45, 7) is 1.54. The summed E-state index contributed by atoms with van der Waals surface area (Å²) in [7, 11) is -3.89. The standard InChI is InChI=1S/C19H17ClN4O3S/c1-12-18(20)19-21-9-14(11-24(19)23-12)28(26,27)22-10-17(25)16-8-4-6-13-5-2-3-7-15(13)16/h2-9,11,17,22,25H,10H2,1H3. The van der Waals surface area contributed by atoms with Crippen molar-refractivity contribution in [1.29, 1.82) is 0 Å². The summed E-state index contributed by atoms with van der Waals surface area (Å²) >= 11 is 6.08. The summed E-state index contributed by atoms with van der Waals surface area (Å²) < 4.78 is 29.0. The minimum atomic E-state index is -3.89. The molecule has 1 unspecified atom stereocenters. The number of aliphatic hydroxyl groups is 1. The zero-order valence-electron chi connectivity index (χ0n) is 14.9. The van der Waals surface area contributed by atoms with Gasteiger partial charge < -0.3 is 5.11 Å². The molecule has 1 atom stereocenters. The van der Waals surface area contributed by atoms with Crippen LogP contribution in [0.15, 0.2) is 59.8 Å². The summed E-state index contributed by atoms with van der Waals surface area (Å²) in [5.41, 5.74) is 1.60. The summed E-state index contributed by atoms with van der Waals surface area (Å²) in [4.78, 5) is 4.02. The molecule has 0 amide bonds. The number of aryl methyl sites for hydroxylation is 1. The van der Waals surface area contributed by atoms with E-state index >= 15 is 0 Å². The molecule has 0 saturated carbocycles. The number of aromatic nitrogens is 3. The summed E-state index contributed by atoms with van der Waals surface area (Å²) in [5.74, 6) is 0. The third kappa shape index (κ3) is 3.35. The van der Waals surface area contributed by atoms with Gasteiger partial charge in [-0.2, -0.15) is 5.10 Å². The van der Waals surface area contributed by atoms with Gasteiger partial charge in [0.2, 0.25) is 10.0 Å². The molecule has 144 valence electrons. The van der Waals surface area contributed by atoms with Crippen LogP contribution >= 0.6 is 11.6 Å². The highest BCUT2D eigenvalue weighted by Gasteiger charge is 2.20. The first-order valence-corrected chi connectivity index (χ1v) is 10.4. The monoisotopic (exact) mass is 416 g/mol. The first-order chi connectivity index (χ1) is 13.4. The summed E-state index contributed by atoms with van der Waals surface area (Å²) in [6.07, 6.45) is 1.56. The molecule has 0 aliphatic carbocycles. The van der Waals surface area contributed by atoms with Crippen molar-refractivity contribution in [2.75, 3.05) is 6.54 Å².